The van der Waals surface area contributed by atoms with Crippen molar-refractivity contribution in [3.8, 4) is 11.8 Å². The number of anilines is 2. The zero-order chi connectivity index (χ0) is 43.2. The molecule has 1 saturated carbocycles. The number of imide groups is 2. The monoisotopic (exact) mass is 835 g/mol. The summed E-state index contributed by atoms with van der Waals surface area (Å²) in [6, 6.07) is 16.0. The highest BCUT2D eigenvalue weighted by atomic mass is 16.5. The van der Waals surface area contributed by atoms with E-state index in [1.807, 2.05) is 30.3 Å². The summed E-state index contributed by atoms with van der Waals surface area (Å²) in [5.41, 5.74) is 3.20. The number of benzene rings is 2. The Hall–Kier alpha value is -6.40. The van der Waals surface area contributed by atoms with Crippen LogP contribution in [0.15, 0.2) is 60.9 Å². The van der Waals surface area contributed by atoms with Crippen LogP contribution in [0.1, 0.15) is 95.6 Å². The van der Waals surface area contributed by atoms with Gasteiger partial charge in [0.15, 0.2) is 0 Å². The molecule has 0 radical (unpaired) electrons. The maximum atomic E-state index is 13.8. The lowest BCUT2D eigenvalue weighted by molar-refractivity contribution is -0.136. The first kappa shape index (κ1) is 39.7. The second-order valence-corrected chi connectivity index (χ2v) is 18.6. The molecule has 6 aliphatic rings. The third kappa shape index (κ3) is 6.13. The van der Waals surface area contributed by atoms with Crippen molar-refractivity contribution in [2.45, 2.75) is 83.0 Å². The molecule has 2 aromatic heterocycles. The van der Waals surface area contributed by atoms with E-state index in [1.165, 1.54) is 0 Å². The molecule has 5 aliphatic heterocycles. The fourth-order valence-corrected chi connectivity index (χ4v) is 11.4. The first-order valence-corrected chi connectivity index (χ1v) is 21.6. The quantitative estimate of drug-likeness (QED) is 0.254. The van der Waals surface area contributed by atoms with Crippen molar-refractivity contribution in [3.63, 3.8) is 0 Å². The molecule has 3 saturated heterocycles. The molecule has 1 aliphatic carbocycles. The number of hydrogen-bond donors (Lipinski definition) is 2. The number of carbonyl (C=O) groups excluding carboxylic acids is 5. The van der Waals surface area contributed by atoms with Gasteiger partial charge in [-0.15, -0.1) is 0 Å². The van der Waals surface area contributed by atoms with Gasteiger partial charge in [0.05, 0.1) is 39.2 Å². The molecular weight excluding hydrogens is 787 g/mol. The Kier molecular flexibility index (Phi) is 9.36. The van der Waals surface area contributed by atoms with Gasteiger partial charge in [0, 0.05) is 80.6 Å². The van der Waals surface area contributed by atoms with Crippen molar-refractivity contribution in [1.82, 2.24) is 30.4 Å². The number of ether oxygens (including phenoxy) is 1. The number of nitrogens with one attached hydrogen (secondary N) is 2. The topological polar surface area (TPSA) is 181 Å². The van der Waals surface area contributed by atoms with Gasteiger partial charge in [-0.2, -0.15) is 5.26 Å². The number of piperidine rings is 2. The lowest BCUT2D eigenvalue weighted by Crippen LogP contribution is -2.78. The Bertz CT molecular complexity index is 2620. The highest BCUT2D eigenvalue weighted by molar-refractivity contribution is 6.23. The van der Waals surface area contributed by atoms with Crippen LogP contribution in [0, 0.1) is 22.7 Å². The summed E-state index contributed by atoms with van der Waals surface area (Å²) in [4.78, 5) is 82.0. The zero-order valence-corrected chi connectivity index (χ0v) is 35.3. The molecule has 62 heavy (non-hydrogen) atoms. The van der Waals surface area contributed by atoms with E-state index in [4.69, 9.17) is 9.72 Å². The van der Waals surface area contributed by atoms with Crippen LogP contribution in [0.3, 0.4) is 0 Å². The van der Waals surface area contributed by atoms with Crippen molar-refractivity contribution in [2.75, 3.05) is 49.1 Å². The average Bonchev–Trinajstić information content (AvgIpc) is 3.52. The van der Waals surface area contributed by atoms with Crippen molar-refractivity contribution in [2.24, 2.45) is 11.3 Å². The highest BCUT2D eigenvalue weighted by Gasteiger charge is 2.69. The SMILES string of the molecule is C[C@@H]1CN(c2ccc3c(c2)C(=O)N(C2CCC(=O)NC2=O)C3=O)CCN1CC1CCN(c2ccc(C(=O)N[C@H]3C(C)(C)[C@@H]4Oc5ccc(C#N)c6nccc(c56)C34C)cn2)CC1. The third-order valence-electron chi connectivity index (χ3n) is 14.6. The number of piperazine rings is 1. The second-order valence-electron chi connectivity index (χ2n) is 18.6. The van der Waals surface area contributed by atoms with Crippen LogP contribution in [0.5, 0.6) is 5.75 Å². The molecule has 5 atom stereocenters. The summed E-state index contributed by atoms with van der Waals surface area (Å²) >= 11 is 0. The highest BCUT2D eigenvalue weighted by Crippen LogP contribution is 2.61. The summed E-state index contributed by atoms with van der Waals surface area (Å²) in [5, 5.41) is 16.2. The van der Waals surface area contributed by atoms with Gasteiger partial charge in [0.2, 0.25) is 11.8 Å². The van der Waals surface area contributed by atoms with Gasteiger partial charge in [-0.3, -0.25) is 44.1 Å². The molecule has 15 heteroatoms. The number of fused-ring (bicyclic) bond motifs is 3. The molecule has 2 N–H and O–H groups in total. The van der Waals surface area contributed by atoms with E-state index < -0.39 is 35.1 Å². The van der Waals surface area contributed by atoms with E-state index >= 15 is 0 Å². The van der Waals surface area contributed by atoms with Crippen LogP contribution in [-0.4, -0.2) is 113 Å². The van der Waals surface area contributed by atoms with Gasteiger partial charge < -0.3 is 19.9 Å². The number of amides is 5. The number of hydrogen-bond acceptors (Lipinski definition) is 12. The summed E-state index contributed by atoms with van der Waals surface area (Å²) in [6.45, 7) is 13.8. The fourth-order valence-electron chi connectivity index (χ4n) is 11.4. The molecular formula is C47H49N9O6. The molecule has 5 amide bonds. The zero-order valence-electron chi connectivity index (χ0n) is 35.3. The van der Waals surface area contributed by atoms with Gasteiger partial charge in [0.25, 0.3) is 17.7 Å². The molecule has 2 unspecified atom stereocenters. The number of pyridine rings is 2. The van der Waals surface area contributed by atoms with Crippen molar-refractivity contribution in [1.29, 1.82) is 5.26 Å². The molecule has 10 rings (SSSR count). The number of aromatic nitrogens is 2. The Labute approximate surface area is 359 Å². The van der Waals surface area contributed by atoms with Crippen molar-refractivity contribution >= 4 is 51.9 Å². The van der Waals surface area contributed by atoms with E-state index in [1.54, 1.807) is 30.6 Å². The van der Waals surface area contributed by atoms with Gasteiger partial charge in [-0.1, -0.05) is 13.8 Å². The lowest BCUT2D eigenvalue weighted by Gasteiger charge is -2.66. The second kappa shape index (κ2) is 14.6. The molecule has 318 valence electrons. The van der Waals surface area contributed by atoms with E-state index in [-0.39, 0.29) is 47.9 Å². The molecule has 4 aromatic rings. The normalized spacial score (nSPS) is 26.9. The van der Waals surface area contributed by atoms with E-state index in [0.29, 0.717) is 28.1 Å². The summed E-state index contributed by atoms with van der Waals surface area (Å²) in [5.74, 6) is -0.0723. The molecule has 2 aromatic carbocycles. The summed E-state index contributed by atoms with van der Waals surface area (Å²) in [7, 11) is 0. The molecule has 7 heterocycles. The molecule has 4 fully saturated rings. The van der Waals surface area contributed by atoms with Crippen LogP contribution < -0.4 is 25.2 Å². The first-order chi connectivity index (χ1) is 29.8. The summed E-state index contributed by atoms with van der Waals surface area (Å²) < 4.78 is 6.58. The standard InChI is InChI=1S/C47H49N9O6/c1-26-24-55(30-7-8-31-32(21-30)43(61)56(42(31)60)34-9-12-37(57)51-41(34)59)20-19-54(26)25-27-14-17-53(18-15-27)36-11-6-29(23-50-36)40(58)52-44-46(2,3)45-47(44,4)33-13-16-49-39-28(22-48)5-10-35(62-45)38(33)39/h5-8,10-11,13,16,21,23,26-27,34,44-45H,9,12,14-15,17-20,24-25H2,1-4H3,(H,52,58)(H,51,57,59)/t26-,34?,44+,45+,47?/m1/s1. The number of nitrogens with zero attached hydrogens (tertiary/aromatic N) is 7. The van der Waals surface area contributed by atoms with E-state index in [9.17, 15) is 29.2 Å². The van der Waals surface area contributed by atoms with Gasteiger partial charge >= 0.3 is 0 Å². The minimum absolute atomic E-state index is 0.0850. The Morgan fingerprint density at radius 2 is 1.73 bits per heavy atom. The van der Waals surface area contributed by atoms with Gasteiger partial charge in [0.1, 0.15) is 29.8 Å². The van der Waals surface area contributed by atoms with Crippen molar-refractivity contribution in [3.05, 3.63) is 88.7 Å². The third-order valence-corrected chi connectivity index (χ3v) is 14.6. The number of rotatable bonds is 7. The lowest BCUT2D eigenvalue weighted by atomic mass is 9.45. The first-order valence-electron chi connectivity index (χ1n) is 21.6. The Balaban J connectivity index is 0.729. The minimum Gasteiger partial charge on any atom is -0.488 e. The van der Waals surface area contributed by atoms with E-state index in [2.05, 4.69) is 64.1 Å². The van der Waals surface area contributed by atoms with Crippen LogP contribution >= 0.6 is 0 Å². The smallest absolute Gasteiger partial charge is 0.262 e. The largest absolute Gasteiger partial charge is 0.488 e. The summed E-state index contributed by atoms with van der Waals surface area (Å²) in [6.07, 6.45) is 5.50. The maximum absolute atomic E-state index is 13.8. The van der Waals surface area contributed by atoms with Crippen molar-refractivity contribution < 1.29 is 28.7 Å². The molecule has 0 spiro atoms. The molecule has 0 bridgehead atoms. The van der Waals surface area contributed by atoms with Crippen LogP contribution in [0.25, 0.3) is 10.9 Å². The number of carbonyl (C=O) groups is 5. The Morgan fingerprint density at radius 3 is 2.45 bits per heavy atom. The van der Waals surface area contributed by atoms with Crippen LogP contribution in [0.2, 0.25) is 0 Å². The number of nitriles is 1. The van der Waals surface area contributed by atoms with Crippen LogP contribution in [-0.2, 0) is 15.0 Å². The maximum Gasteiger partial charge on any atom is 0.262 e. The average molecular weight is 836 g/mol. The molecule has 15 nitrogen and oxygen atoms in total. The Morgan fingerprint density at radius 1 is 0.935 bits per heavy atom. The predicted molar refractivity (Wildman–Crippen MR) is 229 cm³/mol. The predicted octanol–water partition coefficient (Wildman–Crippen LogP) is 4.19. The van der Waals surface area contributed by atoms with Gasteiger partial charge in [-0.25, -0.2) is 4.98 Å². The van der Waals surface area contributed by atoms with E-state index in [0.717, 1.165) is 85.2 Å². The van der Waals surface area contributed by atoms with Crippen LogP contribution in [0.4, 0.5) is 11.5 Å². The minimum atomic E-state index is -0.984. The fraction of sp³-hybridized carbons (Fsp3) is 0.447. The van der Waals surface area contributed by atoms with Gasteiger partial charge in [-0.05, 0) is 93.1 Å².